The second kappa shape index (κ2) is 6.04. The predicted octanol–water partition coefficient (Wildman–Crippen LogP) is 2.87. The number of rotatable bonds is 3. The minimum atomic E-state index is 0.206. The van der Waals surface area contributed by atoms with Crippen molar-refractivity contribution in [1.82, 2.24) is 9.97 Å². The Balaban J connectivity index is 1.87. The number of benzene rings is 1. The number of aryl methyl sites for hydroxylation is 1. The molecule has 2 aromatic rings. The molecule has 0 unspecified atom stereocenters. The lowest BCUT2D eigenvalue weighted by Gasteiger charge is -2.30. The molecule has 4 heteroatoms. The van der Waals surface area contributed by atoms with E-state index in [1.807, 2.05) is 43.3 Å². The van der Waals surface area contributed by atoms with Crippen molar-refractivity contribution < 1.29 is 4.79 Å². The van der Waals surface area contributed by atoms with E-state index in [9.17, 15) is 4.79 Å². The highest BCUT2D eigenvalue weighted by atomic mass is 16.1. The summed E-state index contributed by atoms with van der Waals surface area (Å²) in [5.74, 6) is 1.94. The van der Waals surface area contributed by atoms with Crippen molar-refractivity contribution in [3.8, 4) is 11.4 Å². The van der Waals surface area contributed by atoms with Crippen LogP contribution in [-0.4, -0.2) is 29.3 Å². The second-order valence-corrected chi connectivity index (χ2v) is 5.52. The Labute approximate surface area is 124 Å². The third kappa shape index (κ3) is 3.10. The van der Waals surface area contributed by atoms with Crippen LogP contribution in [0, 0.1) is 12.8 Å². The van der Waals surface area contributed by atoms with Gasteiger partial charge in [-0.3, -0.25) is 0 Å². The first kappa shape index (κ1) is 13.7. The van der Waals surface area contributed by atoms with Crippen LogP contribution in [0.15, 0.2) is 36.4 Å². The lowest BCUT2D eigenvalue weighted by molar-refractivity contribution is -0.111. The molecule has 1 aromatic heterocycles. The fourth-order valence-electron chi connectivity index (χ4n) is 2.69. The minimum Gasteiger partial charge on any atom is -0.356 e. The molecule has 0 spiro atoms. The molecule has 0 atom stereocenters. The molecule has 1 saturated heterocycles. The van der Waals surface area contributed by atoms with Gasteiger partial charge in [0.2, 0.25) is 0 Å². The largest absolute Gasteiger partial charge is 0.356 e. The monoisotopic (exact) mass is 281 g/mol. The molecule has 1 aliphatic rings. The highest BCUT2D eigenvalue weighted by molar-refractivity contribution is 5.58. The first-order valence-electron chi connectivity index (χ1n) is 7.37. The van der Waals surface area contributed by atoms with E-state index < -0.39 is 0 Å². The third-order valence-electron chi connectivity index (χ3n) is 3.93. The molecule has 0 aliphatic carbocycles. The Kier molecular flexibility index (Phi) is 3.95. The molecule has 1 fully saturated rings. The summed E-state index contributed by atoms with van der Waals surface area (Å²) in [6.45, 7) is 3.76. The average molecular weight is 281 g/mol. The van der Waals surface area contributed by atoms with Gasteiger partial charge in [0.05, 0.1) is 0 Å². The Morgan fingerprint density at radius 2 is 1.86 bits per heavy atom. The smallest absolute Gasteiger partial charge is 0.161 e. The molecule has 4 nitrogen and oxygen atoms in total. The zero-order chi connectivity index (χ0) is 14.7. The summed E-state index contributed by atoms with van der Waals surface area (Å²) in [7, 11) is 0. The van der Waals surface area contributed by atoms with Gasteiger partial charge < -0.3 is 9.69 Å². The van der Waals surface area contributed by atoms with E-state index in [1.54, 1.807) is 0 Å². The van der Waals surface area contributed by atoms with Gasteiger partial charge in [-0.15, -0.1) is 0 Å². The minimum absolute atomic E-state index is 0.206. The van der Waals surface area contributed by atoms with Gasteiger partial charge in [-0.05, 0) is 19.8 Å². The molecule has 1 aliphatic heterocycles. The van der Waals surface area contributed by atoms with Crippen LogP contribution < -0.4 is 4.90 Å². The maximum Gasteiger partial charge on any atom is 0.161 e. The van der Waals surface area contributed by atoms with Crippen molar-refractivity contribution in [2.75, 3.05) is 18.0 Å². The number of hydrogen-bond acceptors (Lipinski definition) is 4. The van der Waals surface area contributed by atoms with Gasteiger partial charge in [-0.25, -0.2) is 9.97 Å². The van der Waals surface area contributed by atoms with E-state index in [0.717, 1.165) is 55.1 Å². The average Bonchev–Trinajstić information content (AvgIpc) is 2.55. The van der Waals surface area contributed by atoms with Crippen molar-refractivity contribution >= 4 is 12.1 Å². The first-order chi connectivity index (χ1) is 10.3. The van der Waals surface area contributed by atoms with Gasteiger partial charge in [0.1, 0.15) is 12.1 Å². The van der Waals surface area contributed by atoms with Crippen LogP contribution in [0.1, 0.15) is 18.5 Å². The van der Waals surface area contributed by atoms with E-state index in [1.165, 1.54) is 0 Å². The van der Waals surface area contributed by atoms with Crippen LogP contribution >= 0.6 is 0 Å². The second-order valence-electron chi connectivity index (χ2n) is 5.52. The molecule has 0 radical (unpaired) electrons. The molecule has 0 saturated carbocycles. The van der Waals surface area contributed by atoms with Crippen molar-refractivity contribution in [1.29, 1.82) is 0 Å². The van der Waals surface area contributed by atoms with Gasteiger partial charge >= 0.3 is 0 Å². The Morgan fingerprint density at radius 1 is 1.14 bits per heavy atom. The first-order valence-corrected chi connectivity index (χ1v) is 7.37. The van der Waals surface area contributed by atoms with Crippen LogP contribution in [0.4, 0.5) is 5.82 Å². The van der Waals surface area contributed by atoms with Crippen molar-refractivity contribution in [3.05, 3.63) is 42.1 Å². The summed E-state index contributed by atoms with van der Waals surface area (Å²) in [6.07, 6.45) is 2.90. The standard InChI is InChI=1S/C17H19N3O/c1-13-11-16(20-9-7-14(12-21)8-10-20)19-17(18-13)15-5-3-2-4-6-15/h2-6,11-12,14H,7-10H2,1H3. The van der Waals surface area contributed by atoms with E-state index in [2.05, 4.69) is 9.88 Å². The summed E-state index contributed by atoms with van der Waals surface area (Å²) in [5.41, 5.74) is 2.00. The molecule has 3 rings (SSSR count). The number of aromatic nitrogens is 2. The molecule has 21 heavy (non-hydrogen) atoms. The van der Waals surface area contributed by atoms with Crippen LogP contribution in [0.25, 0.3) is 11.4 Å². The molecule has 0 amide bonds. The molecule has 0 N–H and O–H groups in total. The maximum absolute atomic E-state index is 10.9. The summed E-state index contributed by atoms with van der Waals surface area (Å²) in [6, 6.07) is 12.1. The molecule has 108 valence electrons. The van der Waals surface area contributed by atoms with E-state index >= 15 is 0 Å². The molecule has 0 bridgehead atoms. The third-order valence-corrected chi connectivity index (χ3v) is 3.93. The summed E-state index contributed by atoms with van der Waals surface area (Å²) in [5, 5.41) is 0. The Bertz CT molecular complexity index is 619. The lowest BCUT2D eigenvalue weighted by Crippen LogP contribution is -2.34. The van der Waals surface area contributed by atoms with E-state index in [-0.39, 0.29) is 5.92 Å². The lowest BCUT2D eigenvalue weighted by atomic mass is 9.99. The fourth-order valence-corrected chi connectivity index (χ4v) is 2.69. The van der Waals surface area contributed by atoms with Gasteiger partial charge in [0.25, 0.3) is 0 Å². The number of carbonyl (C=O) groups is 1. The molecular formula is C17H19N3O. The van der Waals surface area contributed by atoms with Crippen molar-refractivity contribution in [3.63, 3.8) is 0 Å². The fraction of sp³-hybridized carbons (Fsp3) is 0.353. The maximum atomic E-state index is 10.9. The topological polar surface area (TPSA) is 46.1 Å². The van der Waals surface area contributed by atoms with Gasteiger partial charge in [-0.1, -0.05) is 30.3 Å². The Hall–Kier alpha value is -2.23. The SMILES string of the molecule is Cc1cc(N2CCC(C=O)CC2)nc(-c2ccccc2)n1. The molecular weight excluding hydrogens is 262 g/mol. The number of aldehydes is 1. The predicted molar refractivity (Wildman–Crippen MR) is 83.2 cm³/mol. The van der Waals surface area contributed by atoms with E-state index in [4.69, 9.17) is 4.98 Å². The summed E-state index contributed by atoms with van der Waals surface area (Å²) < 4.78 is 0. The Morgan fingerprint density at radius 3 is 2.52 bits per heavy atom. The summed E-state index contributed by atoms with van der Waals surface area (Å²) in [4.78, 5) is 22.3. The number of nitrogens with zero attached hydrogens (tertiary/aromatic N) is 3. The number of hydrogen-bond donors (Lipinski definition) is 0. The van der Waals surface area contributed by atoms with Crippen LogP contribution in [0.2, 0.25) is 0 Å². The molecule has 1 aromatic carbocycles. The highest BCUT2D eigenvalue weighted by Gasteiger charge is 2.20. The summed E-state index contributed by atoms with van der Waals surface area (Å²) >= 11 is 0. The van der Waals surface area contributed by atoms with Crippen LogP contribution in [-0.2, 0) is 4.79 Å². The van der Waals surface area contributed by atoms with Crippen LogP contribution in [0.5, 0.6) is 0 Å². The number of carbonyl (C=O) groups excluding carboxylic acids is 1. The van der Waals surface area contributed by atoms with Gasteiger partial charge in [0, 0.05) is 36.3 Å². The normalized spacial score (nSPS) is 16.0. The quantitative estimate of drug-likeness (QED) is 0.812. The van der Waals surface area contributed by atoms with Crippen molar-refractivity contribution in [2.24, 2.45) is 5.92 Å². The molecule has 2 heterocycles. The zero-order valence-corrected chi connectivity index (χ0v) is 12.2. The van der Waals surface area contributed by atoms with Gasteiger partial charge in [0.15, 0.2) is 5.82 Å². The number of anilines is 1. The van der Waals surface area contributed by atoms with Crippen LogP contribution in [0.3, 0.4) is 0 Å². The van der Waals surface area contributed by atoms with E-state index in [0.29, 0.717) is 0 Å². The highest BCUT2D eigenvalue weighted by Crippen LogP contribution is 2.24. The zero-order valence-electron chi connectivity index (χ0n) is 12.2. The van der Waals surface area contributed by atoms with Crippen molar-refractivity contribution in [2.45, 2.75) is 19.8 Å². The van der Waals surface area contributed by atoms with Gasteiger partial charge in [-0.2, -0.15) is 0 Å². The number of piperidine rings is 1.